The SMILES string of the molecule is NC1CC(=O)N(Cc2cc(Br)ccc2Br)C1. The van der Waals surface area contributed by atoms with Gasteiger partial charge in [0.25, 0.3) is 0 Å². The van der Waals surface area contributed by atoms with Crippen molar-refractivity contribution in [3.63, 3.8) is 0 Å². The van der Waals surface area contributed by atoms with Crippen molar-refractivity contribution in [3.8, 4) is 0 Å². The van der Waals surface area contributed by atoms with E-state index in [-0.39, 0.29) is 11.9 Å². The molecule has 2 N–H and O–H groups in total. The molecule has 0 aliphatic carbocycles. The van der Waals surface area contributed by atoms with Crippen molar-refractivity contribution in [2.45, 2.75) is 19.0 Å². The van der Waals surface area contributed by atoms with E-state index in [1.165, 1.54) is 0 Å². The summed E-state index contributed by atoms with van der Waals surface area (Å²) < 4.78 is 2.03. The Balaban J connectivity index is 2.15. The Morgan fingerprint density at radius 2 is 2.19 bits per heavy atom. The lowest BCUT2D eigenvalue weighted by Crippen LogP contribution is -2.27. The Hall–Kier alpha value is -0.390. The Bertz CT molecular complexity index is 422. The van der Waals surface area contributed by atoms with Crippen LogP contribution in [0, 0.1) is 0 Å². The summed E-state index contributed by atoms with van der Waals surface area (Å²) in [5.41, 5.74) is 6.85. The van der Waals surface area contributed by atoms with Gasteiger partial charge in [-0.2, -0.15) is 0 Å². The van der Waals surface area contributed by atoms with Gasteiger partial charge in [0.15, 0.2) is 0 Å². The number of benzene rings is 1. The van der Waals surface area contributed by atoms with E-state index in [2.05, 4.69) is 31.9 Å². The number of rotatable bonds is 2. The molecule has 1 unspecified atom stereocenters. The van der Waals surface area contributed by atoms with E-state index < -0.39 is 0 Å². The first kappa shape index (κ1) is 12.1. The van der Waals surface area contributed by atoms with Crippen LogP contribution in [0.4, 0.5) is 0 Å². The fourth-order valence-electron chi connectivity index (χ4n) is 1.83. The second-order valence-corrected chi connectivity index (χ2v) is 5.74. The summed E-state index contributed by atoms with van der Waals surface area (Å²) in [4.78, 5) is 13.4. The highest BCUT2D eigenvalue weighted by molar-refractivity contribution is 9.11. The Labute approximate surface area is 111 Å². The van der Waals surface area contributed by atoms with Crippen LogP contribution in [0.3, 0.4) is 0 Å². The molecule has 0 aromatic heterocycles. The Morgan fingerprint density at radius 3 is 2.81 bits per heavy atom. The molecule has 1 aliphatic heterocycles. The van der Waals surface area contributed by atoms with Crippen molar-refractivity contribution in [1.29, 1.82) is 0 Å². The minimum atomic E-state index is -0.0153. The minimum absolute atomic E-state index is 0.0153. The molecule has 1 fully saturated rings. The topological polar surface area (TPSA) is 46.3 Å². The third-order valence-electron chi connectivity index (χ3n) is 2.61. The maximum absolute atomic E-state index is 11.6. The van der Waals surface area contributed by atoms with Crippen molar-refractivity contribution in [3.05, 3.63) is 32.7 Å². The van der Waals surface area contributed by atoms with E-state index >= 15 is 0 Å². The summed E-state index contributed by atoms with van der Waals surface area (Å²) in [7, 11) is 0. The van der Waals surface area contributed by atoms with Gasteiger partial charge in [-0.3, -0.25) is 4.79 Å². The first-order valence-corrected chi connectivity index (χ1v) is 6.62. The highest BCUT2D eigenvalue weighted by Crippen LogP contribution is 2.24. The average Bonchev–Trinajstić information content (AvgIpc) is 2.51. The first-order chi connectivity index (χ1) is 7.56. The Morgan fingerprint density at radius 1 is 1.44 bits per heavy atom. The lowest BCUT2D eigenvalue weighted by Gasteiger charge is -2.17. The van der Waals surface area contributed by atoms with Gasteiger partial charge in [0, 0.05) is 34.5 Å². The third-order valence-corrected chi connectivity index (χ3v) is 3.88. The Kier molecular flexibility index (Phi) is 3.66. The number of halogens is 2. The molecule has 1 aliphatic rings. The molecule has 3 nitrogen and oxygen atoms in total. The van der Waals surface area contributed by atoms with Crippen LogP contribution in [-0.2, 0) is 11.3 Å². The molecule has 2 rings (SSSR count). The maximum Gasteiger partial charge on any atom is 0.224 e. The number of nitrogens with two attached hydrogens (primary N) is 1. The zero-order chi connectivity index (χ0) is 11.7. The molecule has 1 amide bonds. The summed E-state index contributed by atoms with van der Waals surface area (Å²) in [6.45, 7) is 1.27. The van der Waals surface area contributed by atoms with Gasteiger partial charge >= 0.3 is 0 Å². The predicted molar refractivity (Wildman–Crippen MR) is 69.9 cm³/mol. The molecule has 1 heterocycles. The number of hydrogen-bond acceptors (Lipinski definition) is 2. The molecule has 0 spiro atoms. The van der Waals surface area contributed by atoms with Crippen LogP contribution >= 0.6 is 31.9 Å². The number of hydrogen-bond donors (Lipinski definition) is 1. The van der Waals surface area contributed by atoms with E-state index in [4.69, 9.17) is 5.73 Å². The number of carbonyl (C=O) groups excluding carboxylic acids is 1. The van der Waals surface area contributed by atoms with E-state index in [1.807, 2.05) is 18.2 Å². The fraction of sp³-hybridized carbons (Fsp3) is 0.364. The van der Waals surface area contributed by atoms with Gasteiger partial charge in [0.1, 0.15) is 0 Å². The van der Waals surface area contributed by atoms with Crippen molar-refractivity contribution in [2.24, 2.45) is 5.73 Å². The largest absolute Gasteiger partial charge is 0.337 e. The quantitative estimate of drug-likeness (QED) is 0.892. The lowest BCUT2D eigenvalue weighted by molar-refractivity contribution is -0.128. The van der Waals surface area contributed by atoms with Crippen molar-refractivity contribution >= 4 is 37.8 Å². The van der Waals surface area contributed by atoms with Crippen molar-refractivity contribution in [2.75, 3.05) is 6.54 Å². The van der Waals surface area contributed by atoms with E-state index in [0.29, 0.717) is 19.5 Å². The average molecular weight is 348 g/mol. The summed E-state index contributed by atoms with van der Waals surface area (Å²) in [5.74, 6) is 0.138. The van der Waals surface area contributed by atoms with E-state index in [9.17, 15) is 4.79 Å². The highest BCUT2D eigenvalue weighted by Gasteiger charge is 2.27. The zero-order valence-corrected chi connectivity index (χ0v) is 11.8. The number of nitrogens with zero attached hydrogens (tertiary/aromatic N) is 1. The normalized spacial score (nSPS) is 20.6. The second-order valence-electron chi connectivity index (χ2n) is 3.97. The zero-order valence-electron chi connectivity index (χ0n) is 8.62. The van der Waals surface area contributed by atoms with Crippen LogP contribution in [0.5, 0.6) is 0 Å². The van der Waals surface area contributed by atoms with Crippen LogP contribution < -0.4 is 5.73 Å². The fourth-order valence-corrected chi connectivity index (χ4v) is 2.61. The van der Waals surface area contributed by atoms with Crippen molar-refractivity contribution in [1.82, 2.24) is 4.90 Å². The molecule has 0 radical (unpaired) electrons. The number of carbonyl (C=O) groups is 1. The standard InChI is InChI=1S/C11H12Br2N2O/c12-8-1-2-10(13)7(3-8)5-15-6-9(14)4-11(15)16/h1-3,9H,4-6,14H2. The molecule has 0 bridgehead atoms. The molecule has 0 saturated carbocycles. The van der Waals surface area contributed by atoms with Crippen LogP contribution in [0.15, 0.2) is 27.1 Å². The van der Waals surface area contributed by atoms with Gasteiger partial charge in [-0.15, -0.1) is 0 Å². The van der Waals surface area contributed by atoms with Gasteiger partial charge in [-0.05, 0) is 23.8 Å². The lowest BCUT2D eigenvalue weighted by atomic mass is 10.2. The molecule has 5 heteroatoms. The van der Waals surface area contributed by atoms with Gasteiger partial charge in [0.05, 0.1) is 0 Å². The van der Waals surface area contributed by atoms with Gasteiger partial charge in [0.2, 0.25) is 5.91 Å². The highest BCUT2D eigenvalue weighted by atomic mass is 79.9. The molecule has 1 aromatic rings. The monoisotopic (exact) mass is 346 g/mol. The van der Waals surface area contributed by atoms with Crippen LogP contribution in [0.2, 0.25) is 0 Å². The van der Waals surface area contributed by atoms with E-state index in [0.717, 1.165) is 14.5 Å². The minimum Gasteiger partial charge on any atom is -0.337 e. The molecule has 16 heavy (non-hydrogen) atoms. The second kappa shape index (κ2) is 4.85. The summed E-state index contributed by atoms with van der Waals surface area (Å²) in [6, 6.07) is 5.94. The summed E-state index contributed by atoms with van der Waals surface area (Å²) in [5, 5.41) is 0. The van der Waals surface area contributed by atoms with E-state index in [1.54, 1.807) is 4.90 Å². The maximum atomic E-state index is 11.6. The number of likely N-dealkylation sites (tertiary alicyclic amines) is 1. The summed E-state index contributed by atoms with van der Waals surface area (Å²) >= 11 is 6.91. The molecule has 1 aromatic carbocycles. The molecular weight excluding hydrogens is 336 g/mol. The number of amides is 1. The smallest absolute Gasteiger partial charge is 0.224 e. The van der Waals surface area contributed by atoms with Crippen LogP contribution in [0.25, 0.3) is 0 Å². The molecular formula is C11H12Br2N2O. The van der Waals surface area contributed by atoms with Crippen LogP contribution in [-0.4, -0.2) is 23.4 Å². The molecule has 1 saturated heterocycles. The predicted octanol–water partition coefficient (Wildman–Crippen LogP) is 2.27. The molecule has 86 valence electrons. The molecule has 1 atom stereocenters. The van der Waals surface area contributed by atoms with Gasteiger partial charge in [-0.25, -0.2) is 0 Å². The van der Waals surface area contributed by atoms with Gasteiger partial charge in [-0.1, -0.05) is 31.9 Å². The summed E-state index contributed by atoms with van der Waals surface area (Å²) in [6.07, 6.45) is 0.464. The van der Waals surface area contributed by atoms with Crippen molar-refractivity contribution < 1.29 is 4.79 Å². The van der Waals surface area contributed by atoms with Gasteiger partial charge < -0.3 is 10.6 Å². The third kappa shape index (κ3) is 2.64. The van der Waals surface area contributed by atoms with Crippen LogP contribution in [0.1, 0.15) is 12.0 Å². The first-order valence-electron chi connectivity index (χ1n) is 5.03.